The van der Waals surface area contributed by atoms with Gasteiger partial charge in [-0.1, -0.05) is 18.2 Å². The Bertz CT molecular complexity index is 880. The average molecular weight is 348 g/mol. The Morgan fingerprint density at radius 3 is 2.58 bits per heavy atom. The van der Waals surface area contributed by atoms with E-state index in [0.29, 0.717) is 12.4 Å². The Morgan fingerprint density at radius 1 is 1.00 bits per heavy atom. The Hall–Kier alpha value is -2.95. The summed E-state index contributed by atoms with van der Waals surface area (Å²) in [5, 5.41) is 0. The van der Waals surface area contributed by atoms with Crippen molar-refractivity contribution in [2.24, 2.45) is 0 Å². The number of benzene rings is 1. The highest BCUT2D eigenvalue weighted by molar-refractivity contribution is 5.57. The normalized spacial score (nSPS) is 10.6. The molecule has 5 heteroatoms. The van der Waals surface area contributed by atoms with Gasteiger partial charge in [0.05, 0.1) is 6.54 Å². The van der Waals surface area contributed by atoms with Crippen LogP contribution >= 0.6 is 0 Å². The first-order chi connectivity index (χ1) is 12.5. The average Bonchev–Trinajstić information content (AvgIpc) is 2.64. The minimum Gasteiger partial charge on any atom is -0.492 e. The Labute approximate surface area is 154 Å². The van der Waals surface area contributed by atoms with Gasteiger partial charge in [-0.2, -0.15) is 0 Å². The zero-order chi connectivity index (χ0) is 18.5. The second-order valence-electron chi connectivity index (χ2n) is 6.38. The number of likely N-dealkylation sites (N-methyl/N-ethyl adjacent to an activating group) is 1. The number of nitrogens with zero attached hydrogens (tertiary/aromatic N) is 4. The van der Waals surface area contributed by atoms with Gasteiger partial charge in [-0.15, -0.1) is 0 Å². The van der Waals surface area contributed by atoms with Gasteiger partial charge in [0.2, 0.25) is 0 Å². The van der Waals surface area contributed by atoms with Crippen LogP contribution in [-0.2, 0) is 0 Å². The van der Waals surface area contributed by atoms with Crippen LogP contribution in [0.4, 0.5) is 5.82 Å². The van der Waals surface area contributed by atoms with E-state index in [-0.39, 0.29) is 0 Å². The summed E-state index contributed by atoms with van der Waals surface area (Å²) in [5.74, 6) is 2.45. The summed E-state index contributed by atoms with van der Waals surface area (Å²) in [6, 6.07) is 13.8. The summed E-state index contributed by atoms with van der Waals surface area (Å²) >= 11 is 0. The van der Waals surface area contributed by atoms with E-state index in [2.05, 4.69) is 27.9 Å². The van der Waals surface area contributed by atoms with Gasteiger partial charge in [0.15, 0.2) is 5.82 Å². The van der Waals surface area contributed by atoms with Crippen LogP contribution in [0.1, 0.15) is 16.8 Å². The zero-order valence-electron chi connectivity index (χ0n) is 15.7. The van der Waals surface area contributed by atoms with E-state index >= 15 is 0 Å². The minimum absolute atomic E-state index is 0.585. The molecule has 0 aliphatic carbocycles. The molecule has 0 saturated carbocycles. The molecular formula is C21H24N4O. The van der Waals surface area contributed by atoms with Crippen LogP contribution in [-0.4, -0.2) is 35.2 Å². The van der Waals surface area contributed by atoms with Crippen LogP contribution in [0.2, 0.25) is 0 Å². The number of aromatic nitrogens is 3. The van der Waals surface area contributed by atoms with Gasteiger partial charge in [0.1, 0.15) is 23.9 Å². The van der Waals surface area contributed by atoms with Crippen LogP contribution in [0, 0.1) is 20.8 Å². The lowest BCUT2D eigenvalue weighted by Crippen LogP contribution is -2.26. The molecule has 0 amide bonds. The van der Waals surface area contributed by atoms with Gasteiger partial charge in [-0.05, 0) is 50.6 Å². The zero-order valence-corrected chi connectivity index (χ0v) is 15.7. The predicted octanol–water partition coefficient (Wildman–Crippen LogP) is 3.98. The molecule has 3 rings (SSSR count). The second-order valence-corrected chi connectivity index (χ2v) is 6.38. The third-order valence-electron chi connectivity index (χ3n) is 4.30. The highest BCUT2D eigenvalue weighted by Crippen LogP contribution is 2.22. The van der Waals surface area contributed by atoms with Gasteiger partial charge in [-0.25, -0.2) is 9.97 Å². The number of hydrogen-bond donors (Lipinski definition) is 0. The topological polar surface area (TPSA) is 51.1 Å². The van der Waals surface area contributed by atoms with Crippen molar-refractivity contribution < 1.29 is 4.74 Å². The first-order valence-corrected chi connectivity index (χ1v) is 8.72. The van der Waals surface area contributed by atoms with Crippen molar-refractivity contribution in [3.05, 3.63) is 65.5 Å². The summed E-state index contributed by atoms with van der Waals surface area (Å²) in [6.45, 7) is 7.42. The second kappa shape index (κ2) is 7.95. The molecule has 0 bridgehead atoms. The monoisotopic (exact) mass is 348 g/mol. The number of aryl methyl sites for hydroxylation is 2. The van der Waals surface area contributed by atoms with E-state index in [1.165, 1.54) is 5.56 Å². The molecule has 0 atom stereocenters. The van der Waals surface area contributed by atoms with Gasteiger partial charge >= 0.3 is 0 Å². The molecule has 0 aliphatic heterocycles. The number of pyridine rings is 1. The standard InChI is InChI=1S/C21H24N4O/c1-15-8-7-9-18(14-15)26-13-12-25(4)21-16(2)17(3)23-20(24-21)19-10-5-6-11-22-19/h5-11,14H,12-13H2,1-4H3. The van der Waals surface area contributed by atoms with Gasteiger partial charge in [0.25, 0.3) is 0 Å². The third-order valence-corrected chi connectivity index (χ3v) is 4.30. The molecule has 0 saturated heterocycles. The predicted molar refractivity (Wildman–Crippen MR) is 105 cm³/mol. The van der Waals surface area contributed by atoms with Gasteiger partial charge in [0, 0.05) is 24.5 Å². The van der Waals surface area contributed by atoms with Crippen LogP contribution in [0.15, 0.2) is 48.7 Å². The van der Waals surface area contributed by atoms with E-state index in [1.807, 2.05) is 57.3 Å². The molecule has 3 aromatic rings. The quantitative estimate of drug-likeness (QED) is 0.674. The highest BCUT2D eigenvalue weighted by Gasteiger charge is 2.14. The van der Waals surface area contributed by atoms with E-state index in [9.17, 15) is 0 Å². The van der Waals surface area contributed by atoms with Crippen LogP contribution in [0.25, 0.3) is 11.5 Å². The van der Waals surface area contributed by atoms with Gasteiger partial charge < -0.3 is 9.64 Å². The lowest BCUT2D eigenvalue weighted by molar-refractivity contribution is 0.325. The number of ether oxygens (including phenoxy) is 1. The molecular weight excluding hydrogens is 324 g/mol. The van der Waals surface area contributed by atoms with Crippen molar-refractivity contribution in [2.75, 3.05) is 25.1 Å². The largest absolute Gasteiger partial charge is 0.492 e. The summed E-state index contributed by atoms with van der Waals surface area (Å²) < 4.78 is 5.87. The van der Waals surface area contributed by atoms with Crippen molar-refractivity contribution in [3.63, 3.8) is 0 Å². The summed E-state index contributed by atoms with van der Waals surface area (Å²) in [4.78, 5) is 15.8. The fourth-order valence-electron chi connectivity index (χ4n) is 2.71. The van der Waals surface area contributed by atoms with E-state index in [0.717, 1.165) is 35.1 Å². The maximum absolute atomic E-state index is 5.87. The SMILES string of the molecule is Cc1cccc(OCCN(C)c2nc(-c3ccccn3)nc(C)c2C)c1. The maximum Gasteiger partial charge on any atom is 0.180 e. The van der Waals surface area contributed by atoms with Gasteiger partial charge in [-0.3, -0.25) is 4.98 Å². The first-order valence-electron chi connectivity index (χ1n) is 8.72. The Balaban J connectivity index is 1.74. The lowest BCUT2D eigenvalue weighted by Gasteiger charge is -2.21. The maximum atomic E-state index is 5.87. The molecule has 5 nitrogen and oxygen atoms in total. The molecule has 26 heavy (non-hydrogen) atoms. The molecule has 2 heterocycles. The Morgan fingerprint density at radius 2 is 1.85 bits per heavy atom. The van der Waals surface area contributed by atoms with Crippen LogP contribution < -0.4 is 9.64 Å². The van der Waals surface area contributed by atoms with E-state index < -0.39 is 0 Å². The summed E-state index contributed by atoms with van der Waals surface area (Å²) in [7, 11) is 2.02. The van der Waals surface area contributed by atoms with Crippen molar-refractivity contribution in [1.82, 2.24) is 15.0 Å². The molecule has 0 fully saturated rings. The molecule has 1 aromatic carbocycles. The molecule has 2 aromatic heterocycles. The first kappa shape index (κ1) is 17.9. The fourth-order valence-corrected chi connectivity index (χ4v) is 2.71. The van der Waals surface area contributed by atoms with E-state index in [1.54, 1.807) is 6.20 Å². The third kappa shape index (κ3) is 4.17. The minimum atomic E-state index is 0.585. The number of anilines is 1. The lowest BCUT2D eigenvalue weighted by atomic mass is 10.2. The van der Waals surface area contributed by atoms with Crippen molar-refractivity contribution in [1.29, 1.82) is 0 Å². The summed E-state index contributed by atoms with van der Waals surface area (Å²) in [5.41, 5.74) is 4.00. The summed E-state index contributed by atoms with van der Waals surface area (Å²) in [6.07, 6.45) is 1.76. The van der Waals surface area contributed by atoms with Crippen molar-refractivity contribution in [2.45, 2.75) is 20.8 Å². The Kier molecular flexibility index (Phi) is 5.46. The highest BCUT2D eigenvalue weighted by atomic mass is 16.5. The molecule has 0 spiro atoms. The molecule has 0 aliphatic rings. The molecule has 0 unspecified atom stereocenters. The smallest absolute Gasteiger partial charge is 0.180 e. The van der Waals surface area contributed by atoms with E-state index in [4.69, 9.17) is 9.72 Å². The van der Waals surface area contributed by atoms with Crippen LogP contribution in [0.3, 0.4) is 0 Å². The van der Waals surface area contributed by atoms with Crippen molar-refractivity contribution in [3.8, 4) is 17.3 Å². The van der Waals surface area contributed by atoms with Crippen molar-refractivity contribution >= 4 is 5.82 Å². The number of hydrogen-bond acceptors (Lipinski definition) is 5. The molecule has 0 radical (unpaired) electrons. The molecule has 0 N–H and O–H groups in total. The fraction of sp³-hybridized carbons (Fsp3) is 0.286. The molecule has 134 valence electrons. The van der Waals surface area contributed by atoms with Crippen LogP contribution in [0.5, 0.6) is 5.75 Å². The number of rotatable bonds is 6.